The number of hydrogen-bond donors (Lipinski definition) is 1. The Bertz CT molecular complexity index is 367. The van der Waals surface area contributed by atoms with Crippen LogP contribution in [0.5, 0.6) is 0 Å². The molecule has 2 rings (SSSR count). The predicted molar refractivity (Wildman–Crippen MR) is 74.5 cm³/mol. The first-order chi connectivity index (χ1) is 8.83. The molecule has 1 aliphatic heterocycles. The van der Waals surface area contributed by atoms with Crippen molar-refractivity contribution in [3.63, 3.8) is 0 Å². The van der Waals surface area contributed by atoms with Gasteiger partial charge in [0, 0.05) is 33.3 Å². The molecule has 1 atom stereocenters. The average molecular weight is 248 g/mol. The van der Waals surface area contributed by atoms with Crippen LogP contribution in [0.15, 0.2) is 24.3 Å². The van der Waals surface area contributed by atoms with Gasteiger partial charge in [0.15, 0.2) is 0 Å². The van der Waals surface area contributed by atoms with E-state index in [1.807, 2.05) is 7.11 Å². The van der Waals surface area contributed by atoms with E-state index in [1.54, 1.807) is 0 Å². The van der Waals surface area contributed by atoms with Crippen LogP contribution in [0, 0.1) is 0 Å². The van der Waals surface area contributed by atoms with E-state index < -0.39 is 0 Å². The lowest BCUT2D eigenvalue weighted by molar-refractivity contribution is 0.107. The van der Waals surface area contributed by atoms with Gasteiger partial charge in [-0.3, -0.25) is 4.90 Å². The number of ether oxygens (including phenoxy) is 1. The van der Waals surface area contributed by atoms with Gasteiger partial charge >= 0.3 is 0 Å². The van der Waals surface area contributed by atoms with Gasteiger partial charge in [0.05, 0.1) is 6.10 Å². The molecule has 0 amide bonds. The molecule has 100 valence electrons. The Morgan fingerprint density at radius 3 is 2.78 bits per heavy atom. The summed E-state index contributed by atoms with van der Waals surface area (Å²) in [5.74, 6) is 0. The molecule has 0 saturated carbocycles. The molecule has 1 aromatic rings. The molecule has 1 heterocycles. The van der Waals surface area contributed by atoms with Crippen LogP contribution in [0.25, 0.3) is 0 Å². The fraction of sp³-hybridized carbons (Fsp3) is 0.600. The van der Waals surface area contributed by atoms with Gasteiger partial charge in [0.1, 0.15) is 0 Å². The van der Waals surface area contributed by atoms with E-state index in [0.717, 1.165) is 39.1 Å². The van der Waals surface area contributed by atoms with E-state index >= 15 is 0 Å². The van der Waals surface area contributed by atoms with Crippen LogP contribution in [0.4, 0.5) is 0 Å². The molecule has 1 fully saturated rings. The fourth-order valence-electron chi connectivity index (χ4n) is 2.52. The molecule has 18 heavy (non-hydrogen) atoms. The summed E-state index contributed by atoms with van der Waals surface area (Å²) in [6.07, 6.45) is 1.58. The van der Waals surface area contributed by atoms with Crippen molar-refractivity contribution in [2.24, 2.45) is 0 Å². The number of likely N-dealkylation sites (tertiary alicyclic amines) is 1. The van der Waals surface area contributed by atoms with Gasteiger partial charge < -0.3 is 10.1 Å². The molecule has 0 aliphatic carbocycles. The van der Waals surface area contributed by atoms with Crippen molar-refractivity contribution in [2.45, 2.75) is 32.5 Å². The molecule has 1 unspecified atom stereocenters. The Morgan fingerprint density at radius 1 is 1.33 bits per heavy atom. The predicted octanol–water partition coefficient (Wildman–Crippen LogP) is 2.02. The standard InChI is InChI=1S/C15H24N2O/c1-3-16-10-13-6-4-5-7-14(13)11-17-9-8-15(12-17)18-2/h4-7,15-16H,3,8-12H2,1-2H3. The quantitative estimate of drug-likeness (QED) is 0.833. The first kappa shape index (κ1) is 13.5. The number of methoxy groups -OCH3 is 1. The average Bonchev–Trinajstić information content (AvgIpc) is 2.85. The lowest BCUT2D eigenvalue weighted by Crippen LogP contribution is -2.23. The van der Waals surface area contributed by atoms with Gasteiger partial charge in [0.25, 0.3) is 0 Å². The molecule has 0 aromatic heterocycles. The highest BCUT2D eigenvalue weighted by Crippen LogP contribution is 2.17. The van der Waals surface area contributed by atoms with E-state index in [0.29, 0.717) is 6.10 Å². The zero-order valence-corrected chi connectivity index (χ0v) is 11.5. The third kappa shape index (κ3) is 3.55. The maximum atomic E-state index is 5.42. The second-order valence-electron chi connectivity index (χ2n) is 4.93. The Kier molecular flexibility index (Phi) is 5.17. The Morgan fingerprint density at radius 2 is 2.11 bits per heavy atom. The molecule has 1 N–H and O–H groups in total. The van der Waals surface area contributed by atoms with Crippen molar-refractivity contribution in [3.05, 3.63) is 35.4 Å². The lowest BCUT2D eigenvalue weighted by atomic mass is 10.1. The second kappa shape index (κ2) is 6.88. The van der Waals surface area contributed by atoms with Crippen LogP contribution in [0.1, 0.15) is 24.5 Å². The van der Waals surface area contributed by atoms with Crippen LogP contribution in [-0.2, 0) is 17.8 Å². The third-order valence-corrected chi connectivity index (χ3v) is 3.64. The van der Waals surface area contributed by atoms with E-state index in [1.165, 1.54) is 11.1 Å². The molecule has 0 radical (unpaired) electrons. The molecule has 1 aromatic carbocycles. The fourth-order valence-corrected chi connectivity index (χ4v) is 2.52. The summed E-state index contributed by atoms with van der Waals surface area (Å²) in [7, 11) is 1.81. The summed E-state index contributed by atoms with van der Waals surface area (Å²) < 4.78 is 5.42. The van der Waals surface area contributed by atoms with Crippen LogP contribution in [0.2, 0.25) is 0 Å². The van der Waals surface area contributed by atoms with Gasteiger partial charge in [-0.15, -0.1) is 0 Å². The van der Waals surface area contributed by atoms with Crippen LogP contribution in [0.3, 0.4) is 0 Å². The highest BCUT2D eigenvalue weighted by atomic mass is 16.5. The normalized spacial score (nSPS) is 20.4. The SMILES string of the molecule is CCNCc1ccccc1CN1CCC(OC)C1. The zero-order valence-electron chi connectivity index (χ0n) is 11.5. The van der Waals surface area contributed by atoms with Crippen molar-refractivity contribution in [1.29, 1.82) is 0 Å². The molecule has 1 saturated heterocycles. The number of rotatable bonds is 6. The molecular formula is C15H24N2O. The molecule has 3 nitrogen and oxygen atoms in total. The molecule has 3 heteroatoms. The number of benzene rings is 1. The van der Waals surface area contributed by atoms with E-state index in [-0.39, 0.29) is 0 Å². The first-order valence-electron chi connectivity index (χ1n) is 6.86. The first-order valence-corrected chi connectivity index (χ1v) is 6.86. The van der Waals surface area contributed by atoms with Crippen molar-refractivity contribution >= 4 is 0 Å². The highest BCUT2D eigenvalue weighted by molar-refractivity contribution is 5.27. The summed E-state index contributed by atoms with van der Waals surface area (Å²) in [6, 6.07) is 8.72. The molecule has 0 spiro atoms. The monoisotopic (exact) mass is 248 g/mol. The summed E-state index contributed by atoms with van der Waals surface area (Å²) in [4.78, 5) is 2.49. The van der Waals surface area contributed by atoms with Gasteiger partial charge in [-0.25, -0.2) is 0 Å². The van der Waals surface area contributed by atoms with Crippen molar-refractivity contribution in [3.8, 4) is 0 Å². The Hall–Kier alpha value is -0.900. The number of nitrogens with one attached hydrogen (secondary N) is 1. The van der Waals surface area contributed by atoms with Crippen molar-refractivity contribution in [2.75, 3.05) is 26.7 Å². The lowest BCUT2D eigenvalue weighted by Gasteiger charge is -2.18. The molecule has 0 bridgehead atoms. The topological polar surface area (TPSA) is 24.5 Å². The molecule has 1 aliphatic rings. The smallest absolute Gasteiger partial charge is 0.0710 e. The molecular weight excluding hydrogens is 224 g/mol. The number of nitrogens with zero attached hydrogens (tertiary/aromatic N) is 1. The number of hydrogen-bond acceptors (Lipinski definition) is 3. The van der Waals surface area contributed by atoms with Gasteiger partial charge in [-0.2, -0.15) is 0 Å². The van der Waals surface area contributed by atoms with E-state index in [9.17, 15) is 0 Å². The van der Waals surface area contributed by atoms with E-state index in [2.05, 4.69) is 41.4 Å². The highest BCUT2D eigenvalue weighted by Gasteiger charge is 2.22. The van der Waals surface area contributed by atoms with Gasteiger partial charge in [-0.1, -0.05) is 31.2 Å². The summed E-state index contributed by atoms with van der Waals surface area (Å²) in [6.45, 7) is 7.38. The third-order valence-electron chi connectivity index (χ3n) is 3.64. The van der Waals surface area contributed by atoms with Crippen LogP contribution >= 0.6 is 0 Å². The summed E-state index contributed by atoms with van der Waals surface area (Å²) >= 11 is 0. The van der Waals surface area contributed by atoms with Crippen molar-refractivity contribution < 1.29 is 4.74 Å². The van der Waals surface area contributed by atoms with Gasteiger partial charge in [0.2, 0.25) is 0 Å². The second-order valence-corrected chi connectivity index (χ2v) is 4.93. The summed E-state index contributed by atoms with van der Waals surface area (Å²) in [5.41, 5.74) is 2.86. The summed E-state index contributed by atoms with van der Waals surface area (Å²) in [5, 5.41) is 3.41. The minimum Gasteiger partial charge on any atom is -0.380 e. The van der Waals surface area contributed by atoms with Crippen molar-refractivity contribution in [1.82, 2.24) is 10.2 Å². The minimum absolute atomic E-state index is 0.422. The maximum absolute atomic E-state index is 5.42. The van der Waals surface area contributed by atoms with Crippen LogP contribution in [-0.4, -0.2) is 37.7 Å². The van der Waals surface area contributed by atoms with Crippen LogP contribution < -0.4 is 5.32 Å². The maximum Gasteiger partial charge on any atom is 0.0710 e. The zero-order chi connectivity index (χ0) is 12.8. The van der Waals surface area contributed by atoms with E-state index in [4.69, 9.17) is 4.74 Å². The minimum atomic E-state index is 0.422. The Labute approximate surface area is 110 Å². The largest absolute Gasteiger partial charge is 0.380 e. The van der Waals surface area contributed by atoms with Gasteiger partial charge in [-0.05, 0) is 24.1 Å². The Balaban J connectivity index is 1.96.